The van der Waals surface area contributed by atoms with E-state index in [1.807, 2.05) is 86.6 Å². The Hall–Kier alpha value is -9.41. The van der Waals surface area contributed by atoms with Gasteiger partial charge in [-0.1, -0.05) is 0 Å². The molecule has 0 fully saturated rings. The molecular formula is C47H57N23. The number of nitrogens with zero attached hydrogens (tertiary/aromatic N) is 23. The van der Waals surface area contributed by atoms with E-state index in [9.17, 15) is 0 Å². The molecule has 23 heteroatoms. The maximum atomic E-state index is 3.92. The molecule has 0 saturated heterocycles. The van der Waals surface area contributed by atoms with Crippen LogP contribution in [0.15, 0.2) is 167 Å². The lowest BCUT2D eigenvalue weighted by Crippen LogP contribution is -1.85. The van der Waals surface area contributed by atoms with Crippen LogP contribution in [-0.2, 0) is 0 Å². The minimum absolute atomic E-state index is 0.711. The number of aromatic nitrogens is 23. The quantitative estimate of drug-likeness (QED) is 0.167. The molecule has 0 aromatic carbocycles. The largest absolute Gasteiger partial charge is 0.265 e. The van der Waals surface area contributed by atoms with Crippen LogP contribution in [0.4, 0.5) is 0 Å². The first-order chi connectivity index (χ1) is 33.9. The van der Waals surface area contributed by atoms with Gasteiger partial charge in [-0.15, -0.1) is 15.3 Å². The topological polar surface area (TPSA) is 296 Å². The normalized spacial score (nSPS) is 8.71. The van der Waals surface area contributed by atoms with Crippen LogP contribution in [0.5, 0.6) is 0 Å². The molecule has 10 heterocycles. The lowest BCUT2D eigenvalue weighted by Gasteiger charge is -1.82. The van der Waals surface area contributed by atoms with Crippen LogP contribution in [0.25, 0.3) is 0 Å². The van der Waals surface area contributed by atoms with Crippen molar-refractivity contribution in [1.82, 2.24) is 116 Å². The third-order valence-electron chi connectivity index (χ3n) is 6.82. The van der Waals surface area contributed by atoms with Crippen molar-refractivity contribution in [2.45, 2.75) is 69.2 Å². The smallest absolute Gasteiger partial charge is 0.147 e. The highest BCUT2D eigenvalue weighted by Gasteiger charge is 1.81. The molecule has 0 saturated carbocycles. The van der Waals surface area contributed by atoms with Crippen molar-refractivity contribution >= 4 is 0 Å². The summed E-state index contributed by atoms with van der Waals surface area (Å²) in [4.78, 5) is 56.9. The molecule has 10 aromatic heterocycles. The van der Waals surface area contributed by atoms with Crippen molar-refractivity contribution in [1.29, 1.82) is 0 Å². The predicted molar refractivity (Wildman–Crippen MR) is 261 cm³/mol. The number of aryl methyl sites for hydroxylation is 10. The second-order valence-corrected chi connectivity index (χ2v) is 13.2. The Labute approximate surface area is 408 Å². The number of hydrogen-bond acceptors (Lipinski definition) is 23. The van der Waals surface area contributed by atoms with Gasteiger partial charge in [0.1, 0.15) is 55.4 Å². The Balaban J connectivity index is 0.000000389. The molecule has 0 bridgehead atoms. The van der Waals surface area contributed by atoms with Crippen molar-refractivity contribution < 1.29 is 0 Å². The van der Waals surface area contributed by atoms with Crippen molar-refractivity contribution in [2.75, 3.05) is 0 Å². The molecule has 0 aliphatic carbocycles. The van der Waals surface area contributed by atoms with E-state index in [1.165, 1.54) is 43.5 Å². The van der Waals surface area contributed by atoms with E-state index in [-0.39, 0.29) is 0 Å². The van der Waals surface area contributed by atoms with Gasteiger partial charge in [-0.3, -0.25) is 15.0 Å². The second-order valence-electron chi connectivity index (χ2n) is 13.2. The van der Waals surface area contributed by atoms with Crippen LogP contribution in [0.3, 0.4) is 0 Å². The number of hydrogen-bond donors (Lipinski definition) is 0. The summed E-state index contributed by atoms with van der Waals surface area (Å²) >= 11 is 0. The highest BCUT2D eigenvalue weighted by atomic mass is 15.1. The molecule has 0 spiro atoms. The molecule has 0 amide bonds. The zero-order chi connectivity index (χ0) is 51.1. The Morgan fingerprint density at radius 2 is 0.829 bits per heavy atom. The Morgan fingerprint density at radius 3 is 1.11 bits per heavy atom. The molecule has 0 aliphatic rings. The zero-order valence-electron chi connectivity index (χ0n) is 40.9. The summed E-state index contributed by atoms with van der Waals surface area (Å²) in [5.41, 5.74) is 7.22. The van der Waals surface area contributed by atoms with Crippen LogP contribution in [0, 0.1) is 69.2 Å². The molecular weight excluding hydrogens is 887 g/mol. The fourth-order valence-electron chi connectivity index (χ4n) is 3.48. The Kier molecular flexibility index (Phi) is 34.4. The summed E-state index contributed by atoms with van der Waals surface area (Å²) in [5, 5.41) is 28.7. The van der Waals surface area contributed by atoms with Crippen molar-refractivity contribution in [2.24, 2.45) is 0 Å². The average molecular weight is 944 g/mol. The predicted octanol–water partition coefficient (Wildman–Crippen LogP) is 6.04. The van der Waals surface area contributed by atoms with E-state index < -0.39 is 0 Å². The molecule has 23 nitrogen and oxygen atoms in total. The van der Waals surface area contributed by atoms with Gasteiger partial charge in [0.15, 0.2) is 0 Å². The van der Waals surface area contributed by atoms with Gasteiger partial charge in [0, 0.05) is 80.1 Å². The van der Waals surface area contributed by atoms with E-state index >= 15 is 0 Å². The van der Waals surface area contributed by atoms with Gasteiger partial charge in [-0.05, 0) is 116 Å². The van der Waals surface area contributed by atoms with Gasteiger partial charge >= 0.3 is 0 Å². The summed E-state index contributed by atoms with van der Waals surface area (Å²) in [5.74, 6) is 2.29. The summed E-state index contributed by atoms with van der Waals surface area (Å²) in [6.45, 7) is 19.0. The minimum Gasteiger partial charge on any atom is -0.265 e. The highest BCUT2D eigenvalue weighted by molar-refractivity contribution is 5.05. The second kappa shape index (κ2) is 41.1. The summed E-state index contributed by atoms with van der Waals surface area (Å²) in [6.07, 6.45) is 36.0. The van der Waals surface area contributed by atoms with E-state index in [1.54, 1.807) is 112 Å². The van der Waals surface area contributed by atoms with Gasteiger partial charge in [0.2, 0.25) is 0 Å². The molecule has 0 unspecified atom stereocenters. The first kappa shape index (κ1) is 58.6. The fourth-order valence-corrected chi connectivity index (χ4v) is 3.48. The van der Waals surface area contributed by atoms with Gasteiger partial charge < -0.3 is 0 Å². The SMILES string of the molecule is Cc1ccncc1.Cc1ccncn1.Cc1ccnnc1.Cc1cnccn1.Cc1cncnc1.Cc1cncnn1.Cc1cnncn1.Cc1ncccn1.Cc1nccnn1.Cc1ncncn1. The van der Waals surface area contributed by atoms with Crippen LogP contribution in [0.1, 0.15) is 56.9 Å². The summed E-state index contributed by atoms with van der Waals surface area (Å²) in [6, 6.07) is 9.51. The standard InChI is InChI=1S/C6H7N.5C5H6N2.4C4H5N3/c1-6-2-4-7-5-3-6;1-5-2-6-4-7-3-5;1-5-4-6-2-3-7-5;1-5-2-3-6-4-7-5;1-5-2-3-6-7-4-5;1-5-6-3-2-4-7-5;1-4-6-2-5-3-7-4;1-4-2-6-7-3-5-4;1-4-2-5-3-6-7-4;1-4-5-2-3-6-7-4/h2-5H,1H3;5*2-4H,1H3;4*2-3H,1H3. The van der Waals surface area contributed by atoms with Gasteiger partial charge in [0.05, 0.1) is 41.9 Å². The van der Waals surface area contributed by atoms with Gasteiger partial charge in [-0.25, -0.2) is 59.8 Å². The molecule has 10 rings (SSSR count). The molecule has 0 N–H and O–H groups in total. The number of rotatable bonds is 0. The Morgan fingerprint density at radius 1 is 0.243 bits per heavy atom. The maximum absolute atomic E-state index is 3.92. The van der Waals surface area contributed by atoms with Crippen LogP contribution >= 0.6 is 0 Å². The molecule has 70 heavy (non-hydrogen) atoms. The fraction of sp³-hybridized carbons (Fsp3) is 0.213. The van der Waals surface area contributed by atoms with Crippen molar-refractivity contribution in [3.63, 3.8) is 0 Å². The van der Waals surface area contributed by atoms with Gasteiger partial charge in [0.25, 0.3) is 0 Å². The molecule has 0 aliphatic heterocycles. The van der Waals surface area contributed by atoms with Crippen LogP contribution in [-0.4, -0.2) is 116 Å². The maximum Gasteiger partial charge on any atom is 0.147 e. The highest BCUT2D eigenvalue weighted by Crippen LogP contribution is 1.89. The first-order valence-corrected chi connectivity index (χ1v) is 20.8. The summed E-state index contributed by atoms with van der Waals surface area (Å²) in [7, 11) is 0. The lowest BCUT2D eigenvalue weighted by molar-refractivity contribution is 0.907. The van der Waals surface area contributed by atoms with Crippen molar-refractivity contribution in [3.05, 3.63) is 224 Å². The number of pyridine rings is 1. The third kappa shape index (κ3) is 39.0. The lowest BCUT2D eigenvalue weighted by atomic mass is 10.3. The van der Waals surface area contributed by atoms with E-state index in [0.29, 0.717) is 5.82 Å². The minimum atomic E-state index is 0.711. The average Bonchev–Trinajstić information content (AvgIpc) is 3.38. The van der Waals surface area contributed by atoms with Crippen LogP contribution in [0.2, 0.25) is 0 Å². The molecule has 0 atom stereocenters. The Bertz CT molecular complexity index is 1990. The van der Waals surface area contributed by atoms with E-state index in [2.05, 4.69) is 116 Å². The molecule has 360 valence electrons. The zero-order valence-corrected chi connectivity index (χ0v) is 40.9. The first-order valence-electron chi connectivity index (χ1n) is 20.8. The van der Waals surface area contributed by atoms with E-state index in [0.717, 1.165) is 45.6 Å². The summed E-state index contributed by atoms with van der Waals surface area (Å²) < 4.78 is 0. The van der Waals surface area contributed by atoms with Gasteiger partial charge in [-0.2, -0.15) is 25.5 Å². The van der Waals surface area contributed by atoms with Crippen LogP contribution < -0.4 is 0 Å². The molecule has 10 aromatic rings. The van der Waals surface area contributed by atoms with Crippen molar-refractivity contribution in [3.8, 4) is 0 Å². The third-order valence-corrected chi connectivity index (χ3v) is 6.82. The van der Waals surface area contributed by atoms with E-state index in [4.69, 9.17) is 0 Å². The molecule has 0 radical (unpaired) electrons. The monoisotopic (exact) mass is 944 g/mol.